The van der Waals surface area contributed by atoms with Crippen LogP contribution in [0.4, 0.5) is 13.2 Å². The van der Waals surface area contributed by atoms with Crippen LogP contribution in [0.25, 0.3) is 0 Å². The number of nitrogens with zero attached hydrogens (tertiary/aromatic N) is 1. The molecule has 3 rings (SSSR count). The zero-order valence-electron chi connectivity index (χ0n) is 18.5. The lowest BCUT2D eigenvalue weighted by atomic mass is 9.91. The van der Waals surface area contributed by atoms with Gasteiger partial charge in [-0.2, -0.15) is 0 Å². The summed E-state index contributed by atoms with van der Waals surface area (Å²) in [5.41, 5.74) is 0.695. The lowest BCUT2D eigenvalue weighted by Gasteiger charge is -2.29. The van der Waals surface area contributed by atoms with Crippen molar-refractivity contribution in [2.24, 2.45) is 5.92 Å². The quantitative estimate of drug-likeness (QED) is 0.324. The number of likely N-dealkylation sites (tertiary alicyclic amines) is 1. The van der Waals surface area contributed by atoms with Gasteiger partial charge < -0.3 is 23.8 Å². The van der Waals surface area contributed by atoms with E-state index in [9.17, 15) is 27.6 Å². The summed E-state index contributed by atoms with van der Waals surface area (Å²) in [7, 11) is 2.78. The molecule has 0 unspecified atom stereocenters. The number of rotatable bonds is 8. The van der Waals surface area contributed by atoms with Crippen LogP contribution in [0, 0.1) is 5.92 Å². The van der Waals surface area contributed by atoms with Crippen molar-refractivity contribution in [1.29, 1.82) is 0 Å². The molecule has 1 fully saturated rings. The van der Waals surface area contributed by atoms with E-state index in [1.807, 2.05) is 0 Å². The van der Waals surface area contributed by atoms with Gasteiger partial charge >= 0.3 is 12.3 Å². The van der Waals surface area contributed by atoms with E-state index in [-0.39, 0.29) is 24.7 Å². The Morgan fingerprint density at radius 2 is 1.59 bits per heavy atom. The molecule has 1 heterocycles. The summed E-state index contributed by atoms with van der Waals surface area (Å²) >= 11 is 0. The number of esters is 1. The summed E-state index contributed by atoms with van der Waals surface area (Å²) in [6, 6.07) is 8.53. The van der Waals surface area contributed by atoms with Crippen LogP contribution in [0.3, 0.4) is 0 Å². The number of ether oxygens (including phenoxy) is 4. The predicted molar refractivity (Wildman–Crippen MR) is 111 cm³/mol. The van der Waals surface area contributed by atoms with Crippen molar-refractivity contribution in [2.75, 3.05) is 20.8 Å². The molecule has 34 heavy (non-hydrogen) atoms. The number of carbonyl (C=O) groups excluding carboxylic acids is 3. The van der Waals surface area contributed by atoms with Crippen molar-refractivity contribution in [3.05, 3.63) is 53.6 Å². The van der Waals surface area contributed by atoms with E-state index in [1.165, 1.54) is 26.4 Å². The van der Waals surface area contributed by atoms with E-state index >= 15 is 0 Å². The maximum atomic E-state index is 13.0. The average Bonchev–Trinajstić information content (AvgIpc) is 3.03. The van der Waals surface area contributed by atoms with Gasteiger partial charge in [-0.05, 0) is 36.8 Å². The largest absolute Gasteiger partial charge is 0.573 e. The third-order valence-corrected chi connectivity index (χ3v) is 5.22. The zero-order chi connectivity index (χ0) is 25.0. The molecule has 1 saturated heterocycles. The number of amides is 1. The third-order valence-electron chi connectivity index (χ3n) is 5.22. The number of hydrogen-bond acceptors (Lipinski definition) is 7. The smallest absolute Gasteiger partial charge is 0.496 e. The van der Waals surface area contributed by atoms with Gasteiger partial charge in [-0.3, -0.25) is 14.4 Å². The Kier molecular flexibility index (Phi) is 7.33. The van der Waals surface area contributed by atoms with Crippen molar-refractivity contribution < 1.29 is 46.5 Å². The minimum absolute atomic E-state index is 0.00670. The van der Waals surface area contributed by atoms with Gasteiger partial charge in [-0.1, -0.05) is 18.2 Å². The molecule has 2 atom stereocenters. The fourth-order valence-electron chi connectivity index (χ4n) is 3.85. The SMILES string of the molecule is CCOC(=O)[C@H]1C(=O)C(=O)N(Cc2ccc(OC(F)(F)F)cc2)[C@H]1c1c(OC)cccc1OC. The Bertz CT molecular complexity index is 1050. The average molecular weight is 481 g/mol. The van der Waals surface area contributed by atoms with Gasteiger partial charge in [-0.15, -0.1) is 13.2 Å². The Hall–Kier alpha value is -3.76. The fourth-order valence-corrected chi connectivity index (χ4v) is 3.85. The first kappa shape index (κ1) is 24.9. The van der Waals surface area contributed by atoms with Crippen LogP contribution in [0.2, 0.25) is 0 Å². The van der Waals surface area contributed by atoms with Gasteiger partial charge in [0.25, 0.3) is 5.91 Å². The molecule has 0 aliphatic carbocycles. The van der Waals surface area contributed by atoms with Gasteiger partial charge in [0.1, 0.15) is 23.2 Å². The van der Waals surface area contributed by atoms with Crippen LogP contribution in [0.5, 0.6) is 17.2 Å². The Balaban J connectivity index is 2.05. The molecular formula is C23H22F3NO7. The molecule has 0 aromatic heterocycles. The molecule has 1 amide bonds. The second kappa shape index (κ2) is 10.0. The minimum Gasteiger partial charge on any atom is -0.496 e. The summed E-state index contributed by atoms with van der Waals surface area (Å²) in [5.74, 6) is -4.15. The molecule has 0 N–H and O–H groups in total. The highest BCUT2D eigenvalue weighted by Crippen LogP contribution is 2.46. The number of carbonyl (C=O) groups is 3. The van der Waals surface area contributed by atoms with Crippen molar-refractivity contribution in [3.8, 4) is 17.2 Å². The van der Waals surface area contributed by atoms with Crippen LogP contribution in [-0.2, 0) is 25.7 Å². The molecule has 0 bridgehead atoms. The Labute approximate surface area is 193 Å². The summed E-state index contributed by atoms with van der Waals surface area (Å²) < 4.78 is 57.1. The van der Waals surface area contributed by atoms with Crippen LogP contribution in [0.1, 0.15) is 24.1 Å². The molecule has 0 spiro atoms. The maximum absolute atomic E-state index is 13.0. The molecule has 11 heteroatoms. The lowest BCUT2D eigenvalue weighted by Crippen LogP contribution is -2.31. The monoisotopic (exact) mass is 481 g/mol. The lowest BCUT2D eigenvalue weighted by molar-refractivity contribution is -0.274. The zero-order valence-corrected chi connectivity index (χ0v) is 18.5. The summed E-state index contributed by atoms with van der Waals surface area (Å²) in [5, 5.41) is 0. The van der Waals surface area contributed by atoms with Crippen molar-refractivity contribution in [1.82, 2.24) is 4.90 Å². The molecule has 0 saturated carbocycles. The van der Waals surface area contributed by atoms with E-state index < -0.39 is 41.7 Å². The van der Waals surface area contributed by atoms with E-state index in [1.54, 1.807) is 25.1 Å². The van der Waals surface area contributed by atoms with Crippen LogP contribution >= 0.6 is 0 Å². The van der Waals surface area contributed by atoms with Gasteiger partial charge in [0.15, 0.2) is 0 Å². The van der Waals surface area contributed by atoms with Crippen LogP contribution < -0.4 is 14.2 Å². The molecular weight excluding hydrogens is 459 g/mol. The number of Topliss-reactive ketones (excluding diaryl/α,β-unsaturated/α-hetero) is 1. The molecule has 182 valence electrons. The second-order valence-corrected chi connectivity index (χ2v) is 7.24. The van der Waals surface area contributed by atoms with E-state index in [0.717, 1.165) is 17.0 Å². The van der Waals surface area contributed by atoms with E-state index in [4.69, 9.17) is 14.2 Å². The van der Waals surface area contributed by atoms with Crippen molar-refractivity contribution >= 4 is 17.7 Å². The minimum atomic E-state index is -4.85. The first-order valence-electron chi connectivity index (χ1n) is 10.2. The number of halogens is 3. The number of ketones is 1. The number of methoxy groups -OCH3 is 2. The maximum Gasteiger partial charge on any atom is 0.573 e. The molecule has 2 aromatic carbocycles. The number of alkyl halides is 3. The predicted octanol–water partition coefficient (Wildman–Crippen LogP) is 3.43. The molecule has 1 aliphatic rings. The molecule has 8 nitrogen and oxygen atoms in total. The molecule has 0 radical (unpaired) electrons. The Morgan fingerprint density at radius 1 is 1.00 bits per heavy atom. The summed E-state index contributed by atoms with van der Waals surface area (Å²) in [6.07, 6.45) is -4.85. The second-order valence-electron chi connectivity index (χ2n) is 7.24. The third kappa shape index (κ3) is 5.08. The van der Waals surface area contributed by atoms with Crippen LogP contribution in [-0.4, -0.2) is 49.7 Å². The standard InChI is InChI=1S/C23H22F3NO7/c1-4-33-22(30)18-19(17-15(31-2)6-5-7-16(17)32-3)27(21(29)20(18)28)12-13-8-10-14(11-9-13)34-23(24,25)26/h5-11,18-19H,4,12H2,1-3H3/t18-,19+/m1/s1. The highest BCUT2D eigenvalue weighted by molar-refractivity contribution is 6.42. The first-order valence-corrected chi connectivity index (χ1v) is 10.2. The van der Waals surface area contributed by atoms with Gasteiger partial charge in [0, 0.05) is 6.54 Å². The van der Waals surface area contributed by atoms with E-state index in [0.29, 0.717) is 11.1 Å². The molecule has 2 aromatic rings. The normalized spacial score (nSPS) is 18.1. The summed E-state index contributed by atoms with van der Waals surface area (Å²) in [4.78, 5) is 39.8. The molecule has 1 aliphatic heterocycles. The Morgan fingerprint density at radius 3 is 2.09 bits per heavy atom. The van der Waals surface area contributed by atoms with Crippen LogP contribution in [0.15, 0.2) is 42.5 Å². The van der Waals surface area contributed by atoms with Gasteiger partial charge in [0.2, 0.25) is 5.78 Å². The highest BCUT2D eigenvalue weighted by Gasteiger charge is 2.54. The number of benzene rings is 2. The first-order chi connectivity index (χ1) is 16.1. The number of hydrogen-bond donors (Lipinski definition) is 0. The highest BCUT2D eigenvalue weighted by atomic mass is 19.4. The summed E-state index contributed by atoms with van der Waals surface area (Å²) in [6.45, 7) is 1.38. The van der Waals surface area contributed by atoms with Gasteiger partial charge in [-0.25, -0.2) is 0 Å². The van der Waals surface area contributed by atoms with Crippen molar-refractivity contribution in [2.45, 2.75) is 25.9 Å². The topological polar surface area (TPSA) is 91.4 Å². The fraction of sp³-hybridized carbons (Fsp3) is 0.348. The van der Waals surface area contributed by atoms with Crippen molar-refractivity contribution in [3.63, 3.8) is 0 Å². The van der Waals surface area contributed by atoms with Gasteiger partial charge in [0.05, 0.1) is 32.4 Å². The van der Waals surface area contributed by atoms with E-state index in [2.05, 4.69) is 4.74 Å².